The quantitative estimate of drug-likeness (QED) is 0.554. The van der Waals surface area contributed by atoms with Crippen molar-refractivity contribution >= 4 is 16.7 Å². The monoisotopic (exact) mass is 390 g/mol. The summed E-state index contributed by atoms with van der Waals surface area (Å²) in [5.41, 5.74) is 1.40. The molecule has 3 aromatic rings. The lowest BCUT2D eigenvalue weighted by Gasteiger charge is -2.35. The minimum absolute atomic E-state index is 0.171. The van der Waals surface area contributed by atoms with Gasteiger partial charge >= 0.3 is 5.97 Å². The molecular formula is C25H26O4. The summed E-state index contributed by atoms with van der Waals surface area (Å²) in [5, 5.41) is 2.42. The first-order chi connectivity index (χ1) is 14.2. The van der Waals surface area contributed by atoms with Crippen molar-refractivity contribution in [1.29, 1.82) is 0 Å². The second kappa shape index (κ2) is 8.66. The van der Waals surface area contributed by atoms with Gasteiger partial charge in [0.05, 0.1) is 12.0 Å². The van der Waals surface area contributed by atoms with Crippen LogP contribution in [0.3, 0.4) is 0 Å². The Balaban J connectivity index is 1.54. The normalized spacial score (nSPS) is 15.8. The average molecular weight is 390 g/mol. The fourth-order valence-corrected chi connectivity index (χ4v) is 3.98. The Kier molecular flexibility index (Phi) is 5.81. The van der Waals surface area contributed by atoms with Crippen LogP contribution in [0.2, 0.25) is 0 Å². The third-order valence-electron chi connectivity index (χ3n) is 5.62. The second-order valence-electron chi connectivity index (χ2n) is 7.41. The molecule has 0 aromatic heterocycles. The molecule has 0 amide bonds. The van der Waals surface area contributed by atoms with E-state index in [1.807, 2.05) is 43.3 Å². The largest absolute Gasteiger partial charge is 0.489 e. The van der Waals surface area contributed by atoms with E-state index in [0.29, 0.717) is 39.3 Å². The summed E-state index contributed by atoms with van der Waals surface area (Å²) in [4.78, 5) is 12.8. The van der Waals surface area contributed by atoms with Crippen LogP contribution in [0, 0.1) is 0 Å². The van der Waals surface area contributed by atoms with Gasteiger partial charge in [0.1, 0.15) is 12.4 Å². The van der Waals surface area contributed by atoms with E-state index >= 15 is 0 Å². The molecule has 1 fully saturated rings. The molecule has 0 atom stereocenters. The fourth-order valence-electron chi connectivity index (χ4n) is 3.98. The van der Waals surface area contributed by atoms with Crippen LogP contribution in [0.25, 0.3) is 10.8 Å². The lowest BCUT2D eigenvalue weighted by molar-refractivity contribution is -0.154. The number of fused-ring (bicyclic) bond motifs is 1. The highest BCUT2D eigenvalue weighted by atomic mass is 16.5. The Morgan fingerprint density at radius 1 is 0.966 bits per heavy atom. The maximum Gasteiger partial charge on any atom is 0.316 e. The highest BCUT2D eigenvalue weighted by Crippen LogP contribution is 2.37. The van der Waals surface area contributed by atoms with Crippen LogP contribution in [0.1, 0.15) is 30.9 Å². The van der Waals surface area contributed by atoms with Crippen molar-refractivity contribution in [3.8, 4) is 5.75 Å². The average Bonchev–Trinajstić information content (AvgIpc) is 2.78. The van der Waals surface area contributed by atoms with Crippen LogP contribution in [0.15, 0.2) is 66.7 Å². The molecule has 0 N–H and O–H groups in total. The zero-order valence-corrected chi connectivity index (χ0v) is 16.7. The van der Waals surface area contributed by atoms with Crippen LogP contribution in [0.5, 0.6) is 5.75 Å². The SMILES string of the molecule is CCOC(=O)C1(c2cccc(OCc3ccc4ccccc4c3)c2)CCOCC1. The van der Waals surface area contributed by atoms with E-state index in [2.05, 4.69) is 30.3 Å². The van der Waals surface area contributed by atoms with E-state index in [0.717, 1.165) is 16.9 Å². The Hall–Kier alpha value is -2.85. The number of hydrogen-bond acceptors (Lipinski definition) is 4. The van der Waals surface area contributed by atoms with E-state index in [1.165, 1.54) is 10.8 Å². The van der Waals surface area contributed by atoms with Crippen LogP contribution in [-0.4, -0.2) is 25.8 Å². The van der Waals surface area contributed by atoms with Crippen LogP contribution >= 0.6 is 0 Å². The molecule has 4 nitrogen and oxygen atoms in total. The molecule has 0 bridgehead atoms. The molecule has 1 aliphatic rings. The molecule has 1 heterocycles. The molecule has 4 rings (SSSR count). The topological polar surface area (TPSA) is 44.8 Å². The zero-order chi connectivity index (χ0) is 20.1. The number of esters is 1. The van der Waals surface area contributed by atoms with Gasteiger partial charge < -0.3 is 14.2 Å². The molecule has 1 aliphatic heterocycles. The molecule has 150 valence electrons. The smallest absolute Gasteiger partial charge is 0.316 e. The third-order valence-corrected chi connectivity index (χ3v) is 5.62. The van der Waals surface area contributed by atoms with Crippen molar-refractivity contribution in [3.05, 3.63) is 77.9 Å². The van der Waals surface area contributed by atoms with E-state index in [-0.39, 0.29) is 5.97 Å². The third kappa shape index (κ3) is 4.13. The van der Waals surface area contributed by atoms with Crippen molar-refractivity contribution in [3.63, 3.8) is 0 Å². The van der Waals surface area contributed by atoms with E-state index in [9.17, 15) is 4.79 Å². The van der Waals surface area contributed by atoms with Gasteiger partial charge in [-0.15, -0.1) is 0 Å². The summed E-state index contributed by atoms with van der Waals surface area (Å²) in [7, 11) is 0. The van der Waals surface area contributed by atoms with Crippen molar-refractivity contribution in [1.82, 2.24) is 0 Å². The summed E-state index contributed by atoms with van der Waals surface area (Å²) < 4.78 is 17.0. The van der Waals surface area contributed by atoms with Gasteiger partial charge in [-0.3, -0.25) is 4.79 Å². The standard InChI is InChI=1S/C25H26O4/c1-2-28-24(26)25(12-14-27-15-13-25)22-8-5-9-23(17-22)29-18-19-10-11-20-6-3-4-7-21(20)16-19/h3-11,16-17H,2,12-15,18H2,1H3. The number of rotatable bonds is 6. The molecular weight excluding hydrogens is 364 g/mol. The van der Waals surface area contributed by atoms with E-state index in [4.69, 9.17) is 14.2 Å². The summed E-state index contributed by atoms with van der Waals surface area (Å²) in [6, 6.07) is 22.5. The van der Waals surface area contributed by atoms with Gasteiger partial charge in [-0.25, -0.2) is 0 Å². The molecule has 0 saturated carbocycles. The number of benzene rings is 3. The van der Waals surface area contributed by atoms with E-state index < -0.39 is 5.41 Å². The summed E-state index contributed by atoms with van der Waals surface area (Å²) in [6.07, 6.45) is 1.25. The highest BCUT2D eigenvalue weighted by Gasteiger charge is 2.43. The molecule has 0 aliphatic carbocycles. The molecule has 0 radical (unpaired) electrons. The lowest BCUT2D eigenvalue weighted by Crippen LogP contribution is -2.42. The Morgan fingerprint density at radius 3 is 2.55 bits per heavy atom. The number of carbonyl (C=O) groups excluding carboxylic acids is 1. The summed E-state index contributed by atoms with van der Waals surface area (Å²) in [5.74, 6) is 0.584. The predicted molar refractivity (Wildman–Crippen MR) is 113 cm³/mol. The molecule has 1 saturated heterocycles. The lowest BCUT2D eigenvalue weighted by atomic mass is 9.74. The van der Waals surface area contributed by atoms with Gasteiger partial charge in [-0.1, -0.05) is 48.5 Å². The molecule has 3 aromatic carbocycles. The summed E-state index contributed by atoms with van der Waals surface area (Å²) >= 11 is 0. The number of hydrogen-bond donors (Lipinski definition) is 0. The second-order valence-corrected chi connectivity index (χ2v) is 7.41. The maximum atomic E-state index is 12.8. The van der Waals surface area contributed by atoms with E-state index in [1.54, 1.807) is 0 Å². The highest BCUT2D eigenvalue weighted by molar-refractivity contribution is 5.84. The van der Waals surface area contributed by atoms with Crippen molar-refractivity contribution in [2.45, 2.75) is 31.8 Å². The van der Waals surface area contributed by atoms with Crippen molar-refractivity contribution in [2.75, 3.05) is 19.8 Å². The molecule has 4 heteroatoms. The Labute approximate surface area is 171 Å². The minimum atomic E-state index is -0.656. The van der Waals surface area contributed by atoms with Crippen LogP contribution < -0.4 is 4.74 Å². The minimum Gasteiger partial charge on any atom is -0.489 e. The van der Waals surface area contributed by atoms with Gasteiger partial charge in [-0.05, 0) is 59.9 Å². The van der Waals surface area contributed by atoms with Crippen molar-refractivity contribution < 1.29 is 19.0 Å². The molecule has 29 heavy (non-hydrogen) atoms. The van der Waals surface area contributed by atoms with Gasteiger partial charge in [0.25, 0.3) is 0 Å². The first kappa shape index (κ1) is 19.5. The first-order valence-corrected chi connectivity index (χ1v) is 10.2. The maximum absolute atomic E-state index is 12.8. The Morgan fingerprint density at radius 2 is 1.76 bits per heavy atom. The van der Waals surface area contributed by atoms with Gasteiger partial charge in [-0.2, -0.15) is 0 Å². The van der Waals surface area contributed by atoms with Crippen LogP contribution in [0.4, 0.5) is 0 Å². The summed E-state index contributed by atoms with van der Waals surface area (Å²) in [6.45, 7) is 3.80. The fraction of sp³-hybridized carbons (Fsp3) is 0.320. The number of carbonyl (C=O) groups is 1. The number of ether oxygens (including phenoxy) is 3. The van der Waals surface area contributed by atoms with Crippen molar-refractivity contribution in [2.24, 2.45) is 0 Å². The zero-order valence-electron chi connectivity index (χ0n) is 16.7. The first-order valence-electron chi connectivity index (χ1n) is 10.2. The van der Waals surface area contributed by atoms with Gasteiger partial charge in [0.2, 0.25) is 0 Å². The molecule has 0 unspecified atom stereocenters. The van der Waals surface area contributed by atoms with Gasteiger partial charge in [0, 0.05) is 13.2 Å². The molecule has 0 spiro atoms. The van der Waals surface area contributed by atoms with Crippen LogP contribution in [-0.2, 0) is 26.3 Å². The van der Waals surface area contributed by atoms with Gasteiger partial charge in [0.15, 0.2) is 0 Å². The Bertz CT molecular complexity index is 989. The predicted octanol–water partition coefficient (Wildman–Crippen LogP) is 5.03.